The monoisotopic (exact) mass is 414 g/mol. The Hall–Kier alpha value is -2.50. The summed E-state index contributed by atoms with van der Waals surface area (Å²) in [7, 11) is 0. The quantitative estimate of drug-likeness (QED) is 0.669. The molecule has 2 atom stereocenters. The molecule has 0 aliphatic carbocycles. The second-order valence-electron chi connectivity index (χ2n) is 6.89. The lowest BCUT2D eigenvalue weighted by atomic mass is 9.94. The second-order valence-corrected chi connectivity index (χ2v) is 8.12. The summed E-state index contributed by atoms with van der Waals surface area (Å²) >= 11 is 1.49. The maximum atomic E-state index is 12.5. The molecule has 0 aromatic heterocycles. The highest BCUT2D eigenvalue weighted by Crippen LogP contribution is 2.44. The Morgan fingerprint density at radius 3 is 2.86 bits per heavy atom. The highest BCUT2D eigenvalue weighted by molar-refractivity contribution is 8.04. The Balaban J connectivity index is 1.55. The summed E-state index contributed by atoms with van der Waals surface area (Å²) in [6, 6.07) is 11.2. The van der Waals surface area contributed by atoms with E-state index in [1.165, 1.54) is 11.8 Å². The number of ether oxygens (including phenoxy) is 1. The van der Waals surface area contributed by atoms with Crippen LogP contribution < -0.4 is 10.6 Å². The van der Waals surface area contributed by atoms with Crippen molar-refractivity contribution in [2.75, 3.05) is 32.8 Å². The van der Waals surface area contributed by atoms with Gasteiger partial charge in [0, 0.05) is 36.8 Å². The van der Waals surface area contributed by atoms with Crippen LogP contribution in [-0.4, -0.2) is 55.1 Å². The van der Waals surface area contributed by atoms with Crippen LogP contribution in [0.15, 0.2) is 40.8 Å². The zero-order valence-corrected chi connectivity index (χ0v) is 17.3. The minimum atomic E-state index is -0.362. The van der Waals surface area contributed by atoms with Gasteiger partial charge in [0.2, 0.25) is 0 Å². The minimum Gasteiger partial charge on any atom is -0.382 e. The normalized spacial score (nSPS) is 20.8. The fourth-order valence-electron chi connectivity index (χ4n) is 3.45. The third kappa shape index (κ3) is 5.31. The van der Waals surface area contributed by atoms with Crippen molar-refractivity contribution in [1.29, 1.82) is 5.26 Å². The second kappa shape index (κ2) is 10.3. The molecule has 29 heavy (non-hydrogen) atoms. The number of nitrogens with zero attached hydrogens (tertiary/aromatic N) is 2. The zero-order chi connectivity index (χ0) is 20.6. The van der Waals surface area contributed by atoms with Crippen molar-refractivity contribution in [3.8, 4) is 6.07 Å². The number of carbonyl (C=O) groups excluding carboxylic acids is 2. The average Bonchev–Trinajstić information content (AvgIpc) is 3.10. The minimum absolute atomic E-state index is 0.0982. The van der Waals surface area contributed by atoms with Crippen molar-refractivity contribution in [3.05, 3.63) is 46.4 Å². The van der Waals surface area contributed by atoms with Crippen LogP contribution in [0.2, 0.25) is 0 Å². The highest BCUT2D eigenvalue weighted by Gasteiger charge is 2.39. The van der Waals surface area contributed by atoms with Crippen molar-refractivity contribution in [3.63, 3.8) is 0 Å². The smallest absolute Gasteiger partial charge is 0.317 e. The van der Waals surface area contributed by atoms with Gasteiger partial charge in [-0.05, 0) is 37.5 Å². The van der Waals surface area contributed by atoms with Crippen LogP contribution in [0.25, 0.3) is 0 Å². The van der Waals surface area contributed by atoms with Gasteiger partial charge in [0.1, 0.15) is 0 Å². The maximum Gasteiger partial charge on any atom is 0.317 e. The summed E-state index contributed by atoms with van der Waals surface area (Å²) in [6.07, 6.45) is 1.44. The molecule has 2 aliphatic heterocycles. The molecular weight excluding hydrogens is 388 g/mol. The Morgan fingerprint density at radius 1 is 1.34 bits per heavy atom. The van der Waals surface area contributed by atoms with Gasteiger partial charge in [-0.2, -0.15) is 5.26 Å². The van der Waals surface area contributed by atoms with Gasteiger partial charge in [0.05, 0.1) is 23.9 Å². The first-order valence-electron chi connectivity index (χ1n) is 9.88. The number of hydrogen-bond acceptors (Lipinski definition) is 5. The number of nitrogens with one attached hydrogen (secondary N) is 2. The SMILES string of the molecule is CCOCCCNC(=O)N1CCC2=C(C1)SC(NC(=O)c1ccccc1)C2C#N. The van der Waals surface area contributed by atoms with Crippen molar-refractivity contribution in [1.82, 2.24) is 15.5 Å². The fourth-order valence-corrected chi connectivity index (χ4v) is 4.90. The van der Waals surface area contributed by atoms with Crippen molar-refractivity contribution in [2.24, 2.45) is 5.92 Å². The van der Waals surface area contributed by atoms with E-state index < -0.39 is 0 Å². The first-order valence-corrected chi connectivity index (χ1v) is 10.8. The van der Waals surface area contributed by atoms with E-state index in [0.29, 0.717) is 44.8 Å². The number of hydrogen-bond donors (Lipinski definition) is 2. The van der Waals surface area contributed by atoms with Gasteiger partial charge >= 0.3 is 6.03 Å². The van der Waals surface area contributed by atoms with Crippen LogP contribution >= 0.6 is 11.8 Å². The van der Waals surface area contributed by atoms with Crippen LogP contribution in [0.5, 0.6) is 0 Å². The first-order chi connectivity index (χ1) is 14.1. The van der Waals surface area contributed by atoms with E-state index in [9.17, 15) is 14.9 Å². The fraction of sp³-hybridized carbons (Fsp3) is 0.476. The van der Waals surface area contributed by atoms with Gasteiger partial charge < -0.3 is 20.3 Å². The number of benzene rings is 1. The van der Waals surface area contributed by atoms with Crippen LogP contribution in [-0.2, 0) is 4.74 Å². The van der Waals surface area contributed by atoms with E-state index in [4.69, 9.17) is 4.74 Å². The lowest BCUT2D eigenvalue weighted by Gasteiger charge is -2.28. The summed E-state index contributed by atoms with van der Waals surface area (Å²) < 4.78 is 5.28. The molecule has 0 fully saturated rings. The van der Waals surface area contributed by atoms with E-state index in [1.807, 2.05) is 25.1 Å². The number of urea groups is 1. The lowest BCUT2D eigenvalue weighted by molar-refractivity contribution is 0.0947. The molecule has 3 amide bonds. The molecule has 0 radical (unpaired) electrons. The van der Waals surface area contributed by atoms with Gasteiger partial charge in [0.25, 0.3) is 5.91 Å². The van der Waals surface area contributed by atoms with E-state index in [0.717, 1.165) is 16.9 Å². The molecule has 2 unspecified atom stereocenters. The molecule has 0 spiro atoms. The number of amides is 3. The van der Waals surface area contributed by atoms with Crippen molar-refractivity contribution < 1.29 is 14.3 Å². The van der Waals surface area contributed by atoms with Crippen LogP contribution in [0.3, 0.4) is 0 Å². The Labute approximate surface area is 175 Å². The number of thioether (sulfide) groups is 1. The summed E-state index contributed by atoms with van der Waals surface area (Å²) in [5.41, 5.74) is 1.62. The van der Waals surface area contributed by atoms with E-state index in [2.05, 4.69) is 16.7 Å². The zero-order valence-electron chi connectivity index (χ0n) is 16.5. The van der Waals surface area contributed by atoms with Crippen LogP contribution in [0.1, 0.15) is 30.1 Å². The molecule has 1 aromatic carbocycles. The first kappa shape index (κ1) is 21.2. The van der Waals surface area contributed by atoms with Gasteiger partial charge in [-0.3, -0.25) is 4.79 Å². The highest BCUT2D eigenvalue weighted by atomic mass is 32.2. The van der Waals surface area contributed by atoms with Crippen LogP contribution in [0.4, 0.5) is 4.79 Å². The molecule has 0 bridgehead atoms. The predicted octanol–water partition coefficient (Wildman–Crippen LogP) is 2.73. The van der Waals surface area contributed by atoms with Gasteiger partial charge in [-0.1, -0.05) is 18.2 Å². The number of carbonyl (C=O) groups is 2. The largest absolute Gasteiger partial charge is 0.382 e. The Morgan fingerprint density at radius 2 is 2.14 bits per heavy atom. The summed E-state index contributed by atoms with van der Waals surface area (Å²) in [6.45, 7) is 4.89. The number of nitriles is 1. The Kier molecular flexibility index (Phi) is 7.55. The molecule has 8 heteroatoms. The van der Waals surface area contributed by atoms with E-state index >= 15 is 0 Å². The third-order valence-corrected chi connectivity index (χ3v) is 6.29. The molecule has 0 saturated carbocycles. The standard InChI is InChI=1S/C21H26N4O3S/c1-2-28-12-6-10-23-21(27)25-11-9-16-17(13-22)20(29-18(16)14-25)24-19(26)15-7-4-3-5-8-15/h3-5,7-8,17,20H,2,6,9-12,14H2,1H3,(H,23,27)(H,24,26). The topological polar surface area (TPSA) is 94.5 Å². The molecule has 3 rings (SSSR count). The van der Waals surface area contributed by atoms with Gasteiger partial charge in [0.15, 0.2) is 0 Å². The molecule has 2 N–H and O–H groups in total. The summed E-state index contributed by atoms with van der Waals surface area (Å²) in [4.78, 5) is 27.7. The summed E-state index contributed by atoms with van der Waals surface area (Å²) in [5, 5.41) is 15.2. The van der Waals surface area contributed by atoms with Crippen molar-refractivity contribution >= 4 is 23.7 Å². The number of rotatable bonds is 7. The van der Waals surface area contributed by atoms with Gasteiger partial charge in [-0.15, -0.1) is 11.8 Å². The molecule has 154 valence electrons. The lowest BCUT2D eigenvalue weighted by Crippen LogP contribution is -2.43. The molecule has 2 heterocycles. The molecule has 0 saturated heterocycles. The molecular formula is C21H26N4O3S. The summed E-state index contributed by atoms with van der Waals surface area (Å²) in [5.74, 6) is -0.550. The predicted molar refractivity (Wildman–Crippen MR) is 112 cm³/mol. The maximum absolute atomic E-state index is 12.5. The van der Waals surface area contributed by atoms with E-state index in [-0.39, 0.29) is 23.2 Å². The van der Waals surface area contributed by atoms with Crippen LogP contribution in [0, 0.1) is 17.2 Å². The molecule has 1 aromatic rings. The molecule has 2 aliphatic rings. The van der Waals surface area contributed by atoms with E-state index in [1.54, 1.807) is 17.0 Å². The van der Waals surface area contributed by atoms with Gasteiger partial charge in [-0.25, -0.2) is 4.79 Å². The van der Waals surface area contributed by atoms with Crippen molar-refractivity contribution in [2.45, 2.75) is 25.1 Å². The molecule has 7 nitrogen and oxygen atoms in total. The Bertz CT molecular complexity index is 806. The third-order valence-electron chi connectivity index (χ3n) is 4.97. The average molecular weight is 415 g/mol.